The smallest absolute Gasteiger partial charge is 0.230 e. The molecule has 0 spiro atoms. The Morgan fingerprint density at radius 2 is 1.89 bits per heavy atom. The second-order valence-electron chi connectivity index (χ2n) is 6.40. The molecular weight excluding hydrogens is 380 g/mol. The first-order valence-electron chi connectivity index (χ1n) is 8.66. The lowest BCUT2D eigenvalue weighted by atomic mass is 10.1. The first-order valence-corrected chi connectivity index (χ1v) is 11.1. The highest BCUT2D eigenvalue weighted by Gasteiger charge is 2.23. The summed E-state index contributed by atoms with van der Waals surface area (Å²) in [5.74, 6) is -0.105. The molecule has 1 aliphatic rings. The van der Waals surface area contributed by atoms with Crippen LogP contribution in [0.1, 0.15) is 22.9 Å². The van der Waals surface area contributed by atoms with Gasteiger partial charge < -0.3 is 5.32 Å². The number of hydrogen-bond donors (Lipinski definition) is 1. The van der Waals surface area contributed by atoms with Gasteiger partial charge in [0.05, 0.1) is 22.8 Å². The van der Waals surface area contributed by atoms with E-state index in [0.717, 1.165) is 23.2 Å². The van der Waals surface area contributed by atoms with Crippen LogP contribution in [0.3, 0.4) is 0 Å². The largest absolute Gasteiger partial charge is 0.302 e. The lowest BCUT2D eigenvalue weighted by molar-refractivity contribution is -0.115. The minimum absolute atomic E-state index is 0.0602. The Hall–Kier alpha value is -2.51. The molecule has 2 aromatic carbocycles. The van der Waals surface area contributed by atoms with Crippen LogP contribution in [0.25, 0.3) is 11.3 Å². The number of carbonyl (C=O) groups excluding carboxylic acids is 1. The van der Waals surface area contributed by atoms with Gasteiger partial charge in [-0.2, -0.15) is 0 Å². The number of thiazole rings is 1. The average molecular weight is 399 g/mol. The highest BCUT2D eigenvalue weighted by atomic mass is 32.2. The zero-order valence-electron chi connectivity index (χ0n) is 14.7. The number of sulfone groups is 1. The third-order valence-corrected chi connectivity index (χ3v) is 7.32. The van der Waals surface area contributed by atoms with Crippen LogP contribution in [-0.4, -0.2) is 25.1 Å². The van der Waals surface area contributed by atoms with Crippen molar-refractivity contribution in [1.82, 2.24) is 4.98 Å². The molecule has 138 valence electrons. The maximum atomic E-state index is 12.3. The van der Waals surface area contributed by atoms with Crippen LogP contribution in [0.2, 0.25) is 0 Å². The van der Waals surface area contributed by atoms with Crippen LogP contribution in [-0.2, 0) is 27.5 Å². The first-order chi connectivity index (χ1) is 13.0. The Morgan fingerprint density at radius 3 is 2.63 bits per heavy atom. The molecule has 1 N–H and O–H groups in total. The second kappa shape index (κ2) is 6.90. The Morgan fingerprint density at radius 1 is 1.15 bits per heavy atom. The van der Waals surface area contributed by atoms with E-state index in [1.54, 1.807) is 31.2 Å². The van der Waals surface area contributed by atoms with Crippen molar-refractivity contribution in [2.45, 2.75) is 24.7 Å². The third kappa shape index (κ3) is 3.52. The molecule has 1 heterocycles. The standard InChI is InChI=1S/C20H18N2O3S2/c1-2-27(24,25)15-9-7-13(8-10-15)11-18(23)21-20-22-19-16-6-4-3-5-14(16)12-17(19)26-20/h3-10H,2,11-12H2,1H3,(H,21,22,23). The van der Waals surface area contributed by atoms with Crippen LogP contribution in [0.4, 0.5) is 5.13 Å². The topological polar surface area (TPSA) is 76.1 Å². The van der Waals surface area contributed by atoms with Crippen LogP contribution in [0.5, 0.6) is 0 Å². The SMILES string of the molecule is CCS(=O)(=O)c1ccc(CC(=O)Nc2nc3c(s2)Cc2ccccc2-3)cc1. The predicted octanol–water partition coefficient (Wildman–Crippen LogP) is 3.69. The van der Waals surface area contributed by atoms with E-state index in [-0.39, 0.29) is 23.0 Å². The number of anilines is 1. The van der Waals surface area contributed by atoms with E-state index < -0.39 is 9.84 Å². The van der Waals surface area contributed by atoms with E-state index in [0.29, 0.717) is 5.13 Å². The summed E-state index contributed by atoms with van der Waals surface area (Å²) in [5, 5.41) is 3.46. The molecule has 1 aliphatic carbocycles. The normalized spacial score (nSPS) is 12.5. The maximum Gasteiger partial charge on any atom is 0.230 e. The Kier molecular flexibility index (Phi) is 4.57. The lowest BCUT2D eigenvalue weighted by Crippen LogP contribution is -2.14. The van der Waals surface area contributed by atoms with Crippen LogP contribution in [0, 0.1) is 0 Å². The van der Waals surface area contributed by atoms with Crippen molar-refractivity contribution in [1.29, 1.82) is 0 Å². The van der Waals surface area contributed by atoms with Crippen LogP contribution >= 0.6 is 11.3 Å². The van der Waals surface area contributed by atoms with E-state index in [9.17, 15) is 13.2 Å². The summed E-state index contributed by atoms with van der Waals surface area (Å²) in [6, 6.07) is 14.6. The summed E-state index contributed by atoms with van der Waals surface area (Å²) in [6.45, 7) is 1.61. The van der Waals surface area contributed by atoms with E-state index in [1.165, 1.54) is 21.8 Å². The van der Waals surface area contributed by atoms with Gasteiger partial charge in [0.2, 0.25) is 5.91 Å². The number of nitrogens with zero attached hydrogens (tertiary/aromatic N) is 1. The number of aromatic nitrogens is 1. The number of hydrogen-bond acceptors (Lipinski definition) is 5. The maximum absolute atomic E-state index is 12.3. The Labute approximate surface area is 162 Å². The van der Waals surface area contributed by atoms with Gasteiger partial charge in [-0.25, -0.2) is 13.4 Å². The molecule has 0 bridgehead atoms. The summed E-state index contributed by atoms with van der Waals surface area (Å²) in [5.41, 5.74) is 4.13. The third-order valence-electron chi connectivity index (χ3n) is 4.59. The highest BCUT2D eigenvalue weighted by Crippen LogP contribution is 2.40. The molecule has 1 amide bonds. The summed E-state index contributed by atoms with van der Waals surface area (Å²) in [4.78, 5) is 18.4. The molecule has 0 unspecified atom stereocenters. The van der Waals surface area contributed by atoms with Gasteiger partial charge in [-0.15, -0.1) is 11.3 Å². The highest BCUT2D eigenvalue weighted by molar-refractivity contribution is 7.91. The second-order valence-corrected chi connectivity index (χ2v) is 9.76. The molecule has 0 saturated carbocycles. The van der Waals surface area contributed by atoms with Crippen LogP contribution in [0.15, 0.2) is 53.4 Å². The van der Waals surface area contributed by atoms with Crippen molar-refractivity contribution in [3.8, 4) is 11.3 Å². The first kappa shape index (κ1) is 17.9. The Balaban J connectivity index is 1.44. The number of carbonyl (C=O) groups is 1. The van der Waals surface area contributed by atoms with Gasteiger partial charge in [-0.1, -0.05) is 43.3 Å². The lowest BCUT2D eigenvalue weighted by Gasteiger charge is -2.05. The van der Waals surface area contributed by atoms with E-state index in [2.05, 4.69) is 22.4 Å². The molecule has 0 radical (unpaired) electrons. The summed E-state index contributed by atoms with van der Waals surface area (Å²) >= 11 is 1.50. The molecule has 27 heavy (non-hydrogen) atoms. The molecule has 0 fully saturated rings. The number of rotatable bonds is 5. The van der Waals surface area contributed by atoms with Crippen molar-refractivity contribution in [3.05, 3.63) is 64.5 Å². The van der Waals surface area contributed by atoms with E-state index in [4.69, 9.17) is 0 Å². The fraction of sp³-hybridized carbons (Fsp3) is 0.200. The number of fused-ring (bicyclic) bond motifs is 3. The van der Waals surface area contributed by atoms with Crippen LogP contribution < -0.4 is 5.32 Å². The zero-order valence-corrected chi connectivity index (χ0v) is 16.4. The fourth-order valence-corrected chi connectivity index (χ4v) is 5.04. The quantitative estimate of drug-likeness (QED) is 0.556. The van der Waals surface area contributed by atoms with Crippen molar-refractivity contribution in [3.63, 3.8) is 0 Å². The number of benzene rings is 2. The van der Waals surface area contributed by atoms with Crippen molar-refractivity contribution in [2.75, 3.05) is 11.1 Å². The molecule has 0 atom stereocenters. The molecule has 1 aromatic heterocycles. The van der Waals surface area contributed by atoms with Gasteiger partial charge in [0.15, 0.2) is 15.0 Å². The molecule has 5 nitrogen and oxygen atoms in total. The monoisotopic (exact) mass is 398 g/mol. The molecule has 7 heteroatoms. The van der Waals surface area contributed by atoms with Crippen molar-refractivity contribution < 1.29 is 13.2 Å². The van der Waals surface area contributed by atoms with Gasteiger partial charge in [-0.3, -0.25) is 4.79 Å². The van der Waals surface area contributed by atoms with Gasteiger partial charge >= 0.3 is 0 Å². The molecule has 0 aliphatic heterocycles. The average Bonchev–Trinajstić information content (AvgIpc) is 3.19. The molecular formula is C20H18N2O3S2. The van der Waals surface area contributed by atoms with Gasteiger partial charge in [0.1, 0.15) is 0 Å². The predicted molar refractivity (Wildman–Crippen MR) is 107 cm³/mol. The summed E-state index contributed by atoms with van der Waals surface area (Å²) in [7, 11) is -3.22. The molecule has 4 rings (SSSR count). The molecule has 3 aromatic rings. The van der Waals surface area contributed by atoms with E-state index in [1.807, 2.05) is 12.1 Å². The summed E-state index contributed by atoms with van der Waals surface area (Å²) in [6.07, 6.45) is 1.03. The van der Waals surface area contributed by atoms with Gasteiger partial charge in [0, 0.05) is 16.9 Å². The van der Waals surface area contributed by atoms with Crippen molar-refractivity contribution in [2.24, 2.45) is 0 Å². The Bertz CT molecular complexity index is 1120. The minimum atomic E-state index is -3.22. The minimum Gasteiger partial charge on any atom is -0.302 e. The fourth-order valence-electron chi connectivity index (χ4n) is 3.14. The van der Waals surface area contributed by atoms with Gasteiger partial charge in [-0.05, 0) is 23.3 Å². The summed E-state index contributed by atoms with van der Waals surface area (Å²) < 4.78 is 23.7. The van der Waals surface area contributed by atoms with Crippen molar-refractivity contribution >= 4 is 32.2 Å². The van der Waals surface area contributed by atoms with E-state index >= 15 is 0 Å². The number of nitrogens with one attached hydrogen (secondary N) is 1. The van der Waals surface area contributed by atoms with Gasteiger partial charge in [0.25, 0.3) is 0 Å². The molecule has 0 saturated heterocycles. The number of amides is 1. The zero-order chi connectivity index (χ0) is 19.0.